The van der Waals surface area contributed by atoms with Crippen LogP contribution < -0.4 is 0 Å². The molecule has 0 saturated heterocycles. The van der Waals surface area contributed by atoms with Crippen molar-refractivity contribution in [3.63, 3.8) is 0 Å². The van der Waals surface area contributed by atoms with Crippen molar-refractivity contribution in [2.45, 2.75) is 32.9 Å². The summed E-state index contributed by atoms with van der Waals surface area (Å²) in [4.78, 5) is 21.9. The van der Waals surface area contributed by atoms with Gasteiger partial charge in [-0.1, -0.05) is 19.1 Å². The van der Waals surface area contributed by atoms with Crippen LogP contribution in [0.25, 0.3) is 11.0 Å². The number of aromatic nitrogens is 4. The molecule has 1 aromatic carbocycles. The van der Waals surface area contributed by atoms with E-state index in [1.807, 2.05) is 29.2 Å². The SMILES string of the molecule is CCc1n[nH]c2c1CN(C(=O)COCc1nc3ccccc3[nH]1)CC2. The van der Waals surface area contributed by atoms with Crippen molar-refractivity contribution in [3.8, 4) is 0 Å². The molecule has 2 N–H and O–H groups in total. The van der Waals surface area contributed by atoms with E-state index in [4.69, 9.17) is 4.74 Å². The molecule has 7 nitrogen and oxygen atoms in total. The molecule has 0 fully saturated rings. The fraction of sp³-hybridized carbons (Fsp3) is 0.389. The molecule has 25 heavy (non-hydrogen) atoms. The average Bonchev–Trinajstić information content (AvgIpc) is 3.24. The minimum Gasteiger partial charge on any atom is -0.364 e. The van der Waals surface area contributed by atoms with Crippen molar-refractivity contribution in [1.82, 2.24) is 25.1 Å². The summed E-state index contributed by atoms with van der Waals surface area (Å²) in [5, 5.41) is 7.41. The number of aromatic amines is 2. The van der Waals surface area contributed by atoms with Crippen LogP contribution >= 0.6 is 0 Å². The Kier molecular flexibility index (Phi) is 4.23. The van der Waals surface area contributed by atoms with Crippen LogP contribution in [-0.4, -0.2) is 44.1 Å². The topological polar surface area (TPSA) is 86.9 Å². The van der Waals surface area contributed by atoms with E-state index in [9.17, 15) is 4.79 Å². The first kappa shape index (κ1) is 15.8. The molecule has 2 aromatic heterocycles. The van der Waals surface area contributed by atoms with E-state index in [-0.39, 0.29) is 12.5 Å². The smallest absolute Gasteiger partial charge is 0.248 e. The van der Waals surface area contributed by atoms with Crippen LogP contribution in [0.4, 0.5) is 0 Å². The Morgan fingerprint density at radius 2 is 2.24 bits per heavy atom. The van der Waals surface area contributed by atoms with Crippen molar-refractivity contribution in [1.29, 1.82) is 0 Å². The Balaban J connectivity index is 1.33. The van der Waals surface area contributed by atoms with E-state index in [1.165, 1.54) is 5.56 Å². The number of imidazole rings is 1. The Hall–Kier alpha value is -2.67. The molecule has 3 heterocycles. The number of benzene rings is 1. The molecule has 0 aliphatic carbocycles. The largest absolute Gasteiger partial charge is 0.364 e. The Bertz CT molecular complexity index is 851. The Labute approximate surface area is 145 Å². The highest BCUT2D eigenvalue weighted by Crippen LogP contribution is 2.20. The van der Waals surface area contributed by atoms with Gasteiger partial charge in [-0.25, -0.2) is 4.98 Å². The molecule has 0 bridgehead atoms. The molecule has 1 aliphatic rings. The third-order valence-corrected chi connectivity index (χ3v) is 4.61. The third-order valence-electron chi connectivity index (χ3n) is 4.61. The van der Waals surface area contributed by atoms with E-state index in [0.29, 0.717) is 19.7 Å². The fourth-order valence-corrected chi connectivity index (χ4v) is 3.26. The van der Waals surface area contributed by atoms with Gasteiger partial charge < -0.3 is 14.6 Å². The van der Waals surface area contributed by atoms with E-state index in [1.54, 1.807) is 0 Å². The van der Waals surface area contributed by atoms with Gasteiger partial charge in [0, 0.05) is 30.8 Å². The van der Waals surface area contributed by atoms with Crippen LogP contribution in [0.3, 0.4) is 0 Å². The minimum atomic E-state index is 0.00464. The number of rotatable bonds is 5. The van der Waals surface area contributed by atoms with E-state index in [2.05, 4.69) is 27.1 Å². The lowest BCUT2D eigenvalue weighted by Crippen LogP contribution is -2.38. The summed E-state index contributed by atoms with van der Waals surface area (Å²) < 4.78 is 5.58. The zero-order valence-corrected chi connectivity index (χ0v) is 14.2. The molecule has 0 radical (unpaired) electrons. The Morgan fingerprint density at radius 3 is 3.08 bits per heavy atom. The van der Waals surface area contributed by atoms with Crippen molar-refractivity contribution in [3.05, 3.63) is 47.0 Å². The number of aryl methyl sites for hydroxylation is 1. The lowest BCUT2D eigenvalue weighted by Gasteiger charge is -2.27. The van der Waals surface area contributed by atoms with Gasteiger partial charge in [-0.15, -0.1) is 0 Å². The summed E-state index contributed by atoms with van der Waals surface area (Å²) >= 11 is 0. The van der Waals surface area contributed by atoms with Gasteiger partial charge in [0.2, 0.25) is 5.91 Å². The van der Waals surface area contributed by atoms with Gasteiger partial charge >= 0.3 is 0 Å². The van der Waals surface area contributed by atoms with Gasteiger partial charge in [-0.2, -0.15) is 5.10 Å². The van der Waals surface area contributed by atoms with E-state index in [0.717, 1.165) is 41.1 Å². The molecule has 130 valence electrons. The van der Waals surface area contributed by atoms with Crippen LogP contribution in [0, 0.1) is 0 Å². The second-order valence-electron chi connectivity index (χ2n) is 6.24. The number of H-pyrrole nitrogens is 2. The molecular formula is C18H21N5O2. The van der Waals surface area contributed by atoms with Crippen LogP contribution in [0.1, 0.15) is 29.7 Å². The molecule has 0 spiro atoms. The highest BCUT2D eigenvalue weighted by molar-refractivity contribution is 5.78. The van der Waals surface area contributed by atoms with Crippen LogP contribution in [0.15, 0.2) is 24.3 Å². The number of carbonyl (C=O) groups is 1. The van der Waals surface area contributed by atoms with Crippen molar-refractivity contribution in [2.75, 3.05) is 13.2 Å². The second-order valence-corrected chi connectivity index (χ2v) is 6.24. The van der Waals surface area contributed by atoms with Gasteiger partial charge in [0.25, 0.3) is 0 Å². The summed E-state index contributed by atoms with van der Waals surface area (Å²) in [5.74, 6) is 0.739. The summed E-state index contributed by atoms with van der Waals surface area (Å²) in [7, 11) is 0. The summed E-state index contributed by atoms with van der Waals surface area (Å²) in [6, 6.07) is 7.82. The fourth-order valence-electron chi connectivity index (χ4n) is 3.26. The van der Waals surface area contributed by atoms with Gasteiger partial charge in [-0.3, -0.25) is 9.89 Å². The lowest BCUT2D eigenvalue weighted by molar-refractivity contribution is -0.137. The van der Waals surface area contributed by atoms with Crippen molar-refractivity contribution < 1.29 is 9.53 Å². The standard InChI is InChI=1S/C18H21N5O2/c1-2-13-12-9-23(8-7-14(12)22-21-13)18(24)11-25-10-17-19-15-5-3-4-6-16(15)20-17/h3-6H,2,7-11H2,1H3,(H,19,20)(H,21,22). The predicted molar refractivity (Wildman–Crippen MR) is 92.8 cm³/mol. The number of ether oxygens (including phenoxy) is 1. The molecule has 1 amide bonds. The highest BCUT2D eigenvalue weighted by Gasteiger charge is 2.24. The number of hydrogen-bond acceptors (Lipinski definition) is 4. The number of amides is 1. The first-order valence-corrected chi connectivity index (χ1v) is 8.58. The predicted octanol–water partition coefficient (Wildman–Crippen LogP) is 1.95. The number of hydrogen-bond donors (Lipinski definition) is 2. The van der Waals surface area contributed by atoms with Gasteiger partial charge in [0.1, 0.15) is 19.0 Å². The van der Waals surface area contributed by atoms with Gasteiger partial charge in [0.15, 0.2) is 0 Å². The maximum absolute atomic E-state index is 12.4. The maximum Gasteiger partial charge on any atom is 0.248 e. The molecule has 0 unspecified atom stereocenters. The number of fused-ring (bicyclic) bond motifs is 2. The normalized spacial score (nSPS) is 14.0. The monoisotopic (exact) mass is 339 g/mol. The van der Waals surface area contributed by atoms with Crippen LogP contribution in [0.2, 0.25) is 0 Å². The van der Waals surface area contributed by atoms with E-state index >= 15 is 0 Å². The first-order valence-electron chi connectivity index (χ1n) is 8.58. The number of para-hydroxylation sites is 2. The lowest BCUT2D eigenvalue weighted by atomic mass is 10.0. The number of carbonyl (C=O) groups excluding carboxylic acids is 1. The highest BCUT2D eigenvalue weighted by atomic mass is 16.5. The average molecular weight is 339 g/mol. The minimum absolute atomic E-state index is 0.00464. The molecule has 1 aliphatic heterocycles. The van der Waals surface area contributed by atoms with E-state index < -0.39 is 0 Å². The maximum atomic E-state index is 12.4. The van der Waals surface area contributed by atoms with Gasteiger partial charge in [0.05, 0.1) is 16.7 Å². The van der Waals surface area contributed by atoms with Gasteiger partial charge in [-0.05, 0) is 18.6 Å². The zero-order chi connectivity index (χ0) is 17.2. The molecule has 3 aromatic rings. The van der Waals surface area contributed by atoms with Crippen molar-refractivity contribution >= 4 is 16.9 Å². The quantitative estimate of drug-likeness (QED) is 0.744. The first-order chi connectivity index (χ1) is 12.2. The van der Waals surface area contributed by atoms with Crippen LogP contribution in [-0.2, 0) is 35.5 Å². The molecule has 4 rings (SSSR count). The zero-order valence-electron chi connectivity index (χ0n) is 14.2. The molecular weight excluding hydrogens is 318 g/mol. The number of nitrogens with zero attached hydrogens (tertiary/aromatic N) is 3. The van der Waals surface area contributed by atoms with Crippen LogP contribution in [0.5, 0.6) is 0 Å². The molecule has 0 saturated carbocycles. The molecule has 0 atom stereocenters. The summed E-state index contributed by atoms with van der Waals surface area (Å²) in [5.41, 5.74) is 5.25. The Morgan fingerprint density at radius 1 is 1.36 bits per heavy atom. The summed E-state index contributed by atoms with van der Waals surface area (Å²) in [6.45, 7) is 3.75. The number of nitrogens with one attached hydrogen (secondary N) is 2. The second kappa shape index (κ2) is 6.68. The summed E-state index contributed by atoms with van der Waals surface area (Å²) in [6.07, 6.45) is 1.69. The molecule has 7 heteroatoms. The van der Waals surface area contributed by atoms with Crippen molar-refractivity contribution in [2.24, 2.45) is 0 Å². The third kappa shape index (κ3) is 3.15.